The van der Waals surface area contributed by atoms with E-state index in [1.165, 1.54) is 6.08 Å². The van der Waals surface area contributed by atoms with Crippen molar-refractivity contribution in [3.8, 4) is 0 Å². The van der Waals surface area contributed by atoms with Crippen LogP contribution in [0.15, 0.2) is 34.8 Å². The van der Waals surface area contributed by atoms with E-state index in [4.69, 9.17) is 0 Å². The molecule has 0 spiro atoms. The smallest absolute Gasteiger partial charge is 0.338 e. The fourth-order valence-electron chi connectivity index (χ4n) is 1.26. The number of hydrogen-bond acceptors (Lipinski definition) is 4. The van der Waals surface area contributed by atoms with Crippen molar-refractivity contribution >= 4 is 28.0 Å². The van der Waals surface area contributed by atoms with Gasteiger partial charge in [-0.3, -0.25) is 0 Å². The molecule has 0 unspecified atom stereocenters. The van der Waals surface area contributed by atoms with Crippen LogP contribution >= 0.6 is 15.9 Å². The van der Waals surface area contributed by atoms with Gasteiger partial charge in [0, 0.05) is 4.47 Å². The van der Waals surface area contributed by atoms with E-state index in [1.807, 2.05) is 24.3 Å². The van der Waals surface area contributed by atoms with Gasteiger partial charge in [-0.15, -0.1) is 0 Å². The molecule has 0 fully saturated rings. The van der Waals surface area contributed by atoms with E-state index in [0.29, 0.717) is 0 Å². The second kappa shape index (κ2) is 7.31. The van der Waals surface area contributed by atoms with Gasteiger partial charge >= 0.3 is 5.97 Å². The molecular formula is C13H15BrO4. The fourth-order valence-corrected chi connectivity index (χ4v) is 1.52. The first kappa shape index (κ1) is 14.9. The zero-order chi connectivity index (χ0) is 13.5. The quantitative estimate of drug-likeness (QED) is 0.813. The SMILES string of the molecule is CCOC(=O)[C@@H](O)[C@H](O)/C=C/c1ccc(Br)cc1. The molecule has 1 rings (SSSR count). The Morgan fingerprint density at radius 3 is 2.56 bits per heavy atom. The molecular weight excluding hydrogens is 300 g/mol. The number of benzene rings is 1. The first-order valence-corrected chi connectivity index (χ1v) is 6.30. The van der Waals surface area contributed by atoms with Gasteiger partial charge in [-0.05, 0) is 24.6 Å². The summed E-state index contributed by atoms with van der Waals surface area (Å²) in [5, 5.41) is 19.0. The molecule has 1 aromatic carbocycles. The summed E-state index contributed by atoms with van der Waals surface area (Å²) >= 11 is 3.31. The molecule has 2 N–H and O–H groups in total. The number of hydrogen-bond donors (Lipinski definition) is 2. The molecule has 0 aromatic heterocycles. The predicted octanol–water partition coefficient (Wildman–Crippen LogP) is 1.75. The minimum Gasteiger partial charge on any atom is -0.464 e. The molecule has 4 nitrogen and oxygen atoms in total. The van der Waals surface area contributed by atoms with Gasteiger partial charge in [0.15, 0.2) is 6.10 Å². The summed E-state index contributed by atoms with van der Waals surface area (Å²) in [6, 6.07) is 7.38. The molecule has 0 aliphatic carbocycles. The van der Waals surface area contributed by atoms with Gasteiger partial charge in [-0.1, -0.05) is 40.2 Å². The van der Waals surface area contributed by atoms with E-state index < -0.39 is 18.2 Å². The van der Waals surface area contributed by atoms with Crippen LogP contribution in [0.5, 0.6) is 0 Å². The minimum atomic E-state index is -1.56. The minimum absolute atomic E-state index is 0.166. The van der Waals surface area contributed by atoms with Crippen LogP contribution in [0.2, 0.25) is 0 Å². The number of aliphatic hydroxyl groups excluding tert-OH is 2. The Morgan fingerprint density at radius 1 is 1.39 bits per heavy atom. The third-order valence-electron chi connectivity index (χ3n) is 2.21. The van der Waals surface area contributed by atoms with Gasteiger partial charge in [0.25, 0.3) is 0 Å². The van der Waals surface area contributed by atoms with E-state index in [1.54, 1.807) is 13.0 Å². The molecule has 0 saturated heterocycles. The molecule has 2 atom stereocenters. The summed E-state index contributed by atoms with van der Waals surface area (Å²) in [6.07, 6.45) is 0.133. The van der Waals surface area contributed by atoms with Crippen LogP contribution in [-0.2, 0) is 9.53 Å². The second-order valence-corrected chi connectivity index (χ2v) is 4.51. The predicted molar refractivity (Wildman–Crippen MR) is 71.8 cm³/mol. The summed E-state index contributed by atoms with van der Waals surface area (Å²) < 4.78 is 5.55. The fraction of sp³-hybridized carbons (Fsp3) is 0.308. The van der Waals surface area contributed by atoms with Gasteiger partial charge in [0.2, 0.25) is 0 Å². The molecule has 18 heavy (non-hydrogen) atoms. The van der Waals surface area contributed by atoms with Gasteiger partial charge < -0.3 is 14.9 Å². The largest absolute Gasteiger partial charge is 0.464 e. The Bertz CT molecular complexity index is 414. The van der Waals surface area contributed by atoms with Crippen molar-refractivity contribution < 1.29 is 19.7 Å². The third-order valence-corrected chi connectivity index (χ3v) is 2.74. The highest BCUT2D eigenvalue weighted by molar-refractivity contribution is 9.10. The van der Waals surface area contributed by atoms with Crippen LogP contribution in [0.4, 0.5) is 0 Å². The molecule has 0 radical (unpaired) electrons. The van der Waals surface area contributed by atoms with Crippen LogP contribution in [-0.4, -0.2) is 35.0 Å². The van der Waals surface area contributed by atoms with Gasteiger partial charge in [-0.25, -0.2) is 4.79 Å². The summed E-state index contributed by atoms with van der Waals surface area (Å²) in [4.78, 5) is 11.2. The number of ether oxygens (including phenoxy) is 1. The first-order chi connectivity index (χ1) is 8.54. The lowest BCUT2D eigenvalue weighted by atomic mass is 10.1. The lowest BCUT2D eigenvalue weighted by Gasteiger charge is -2.12. The number of halogens is 1. The Kier molecular flexibility index (Phi) is 6.04. The number of carbonyl (C=O) groups is 1. The molecule has 0 aliphatic rings. The maximum atomic E-state index is 11.2. The van der Waals surface area contributed by atoms with Crippen molar-refractivity contribution in [3.05, 3.63) is 40.4 Å². The maximum Gasteiger partial charge on any atom is 0.338 e. The second-order valence-electron chi connectivity index (χ2n) is 3.60. The van der Waals surface area contributed by atoms with E-state index in [2.05, 4.69) is 20.7 Å². The molecule has 0 aliphatic heterocycles. The van der Waals surface area contributed by atoms with Crippen molar-refractivity contribution in [2.24, 2.45) is 0 Å². The van der Waals surface area contributed by atoms with Crippen LogP contribution in [0, 0.1) is 0 Å². The number of rotatable bonds is 5. The van der Waals surface area contributed by atoms with Crippen LogP contribution in [0.25, 0.3) is 6.08 Å². The van der Waals surface area contributed by atoms with E-state index in [0.717, 1.165) is 10.0 Å². The highest BCUT2D eigenvalue weighted by Crippen LogP contribution is 2.12. The van der Waals surface area contributed by atoms with Crippen molar-refractivity contribution in [3.63, 3.8) is 0 Å². The number of esters is 1. The van der Waals surface area contributed by atoms with E-state index in [-0.39, 0.29) is 6.61 Å². The van der Waals surface area contributed by atoms with Gasteiger partial charge in [0.05, 0.1) is 6.61 Å². The van der Waals surface area contributed by atoms with Crippen molar-refractivity contribution in [2.45, 2.75) is 19.1 Å². The molecule has 0 amide bonds. The Balaban J connectivity index is 2.60. The molecule has 5 heteroatoms. The number of carbonyl (C=O) groups excluding carboxylic acids is 1. The molecule has 1 aromatic rings. The van der Waals surface area contributed by atoms with Crippen LogP contribution in [0.1, 0.15) is 12.5 Å². The number of aliphatic hydroxyl groups is 2. The lowest BCUT2D eigenvalue weighted by molar-refractivity contribution is -0.157. The first-order valence-electron chi connectivity index (χ1n) is 5.51. The van der Waals surface area contributed by atoms with E-state index >= 15 is 0 Å². The molecule has 0 saturated carbocycles. The topological polar surface area (TPSA) is 66.8 Å². The maximum absolute atomic E-state index is 11.2. The zero-order valence-corrected chi connectivity index (χ0v) is 11.5. The molecule has 0 heterocycles. The van der Waals surface area contributed by atoms with E-state index in [9.17, 15) is 15.0 Å². The normalized spacial score (nSPS) is 14.4. The summed E-state index contributed by atoms with van der Waals surface area (Å²) in [5.41, 5.74) is 0.855. The van der Waals surface area contributed by atoms with Gasteiger partial charge in [-0.2, -0.15) is 0 Å². The highest BCUT2D eigenvalue weighted by atomic mass is 79.9. The lowest BCUT2D eigenvalue weighted by Crippen LogP contribution is -2.34. The van der Waals surface area contributed by atoms with Gasteiger partial charge in [0.1, 0.15) is 6.10 Å². The standard InChI is InChI=1S/C13H15BrO4/c1-2-18-13(17)12(16)11(15)8-5-9-3-6-10(14)7-4-9/h3-8,11-12,15-16H,2H2,1H3/b8-5+/t11-,12+/m1/s1. The highest BCUT2D eigenvalue weighted by Gasteiger charge is 2.23. The Morgan fingerprint density at radius 2 is 2.00 bits per heavy atom. The Hall–Kier alpha value is -1.17. The molecule has 0 bridgehead atoms. The van der Waals surface area contributed by atoms with Crippen LogP contribution < -0.4 is 0 Å². The van der Waals surface area contributed by atoms with Crippen molar-refractivity contribution in [1.29, 1.82) is 0 Å². The average molecular weight is 315 g/mol. The zero-order valence-electron chi connectivity index (χ0n) is 9.91. The Labute approximate surface area is 114 Å². The van der Waals surface area contributed by atoms with Crippen molar-refractivity contribution in [1.82, 2.24) is 0 Å². The van der Waals surface area contributed by atoms with Crippen LogP contribution in [0.3, 0.4) is 0 Å². The van der Waals surface area contributed by atoms with Crippen molar-refractivity contribution in [2.75, 3.05) is 6.61 Å². The monoisotopic (exact) mass is 314 g/mol. The summed E-state index contributed by atoms with van der Waals surface area (Å²) in [5.74, 6) is -0.828. The average Bonchev–Trinajstić information content (AvgIpc) is 2.37. The summed E-state index contributed by atoms with van der Waals surface area (Å²) in [7, 11) is 0. The summed E-state index contributed by atoms with van der Waals surface area (Å²) in [6.45, 7) is 1.80. The third kappa shape index (κ3) is 4.60. The molecule has 98 valence electrons.